The average molecular weight is 363 g/mol. The van der Waals surface area contributed by atoms with Gasteiger partial charge in [0, 0.05) is 22.8 Å². The van der Waals surface area contributed by atoms with Gasteiger partial charge in [-0.2, -0.15) is 0 Å². The number of amides is 1. The van der Waals surface area contributed by atoms with E-state index in [2.05, 4.69) is 43.7 Å². The number of halogens is 1. The topological polar surface area (TPSA) is 59.0 Å². The van der Waals surface area contributed by atoms with Crippen molar-refractivity contribution in [1.82, 2.24) is 14.9 Å². The zero-order valence-electron chi connectivity index (χ0n) is 12.4. The molecule has 6 heteroatoms. The highest BCUT2D eigenvalue weighted by molar-refractivity contribution is 9.10. The standard InChI is InChI=1S/C16H19BrN4O/c1-11(13-8-18-9-13)15(22)20-16-19-6-7-21(16)10-12-2-4-14(17)5-3-12/h2-7,11,13,18H,8-10H2,1H3,(H,19,20,22). The number of imidazole rings is 1. The summed E-state index contributed by atoms with van der Waals surface area (Å²) in [6.45, 7) is 4.49. The van der Waals surface area contributed by atoms with Crippen LogP contribution in [0.15, 0.2) is 41.1 Å². The van der Waals surface area contributed by atoms with Gasteiger partial charge in [0.2, 0.25) is 11.9 Å². The summed E-state index contributed by atoms with van der Waals surface area (Å²) in [6, 6.07) is 8.13. The summed E-state index contributed by atoms with van der Waals surface area (Å²) >= 11 is 3.43. The van der Waals surface area contributed by atoms with Crippen LogP contribution in [0.3, 0.4) is 0 Å². The van der Waals surface area contributed by atoms with Gasteiger partial charge in [-0.3, -0.25) is 10.1 Å². The molecule has 1 aliphatic heterocycles. The number of nitrogens with zero attached hydrogens (tertiary/aromatic N) is 2. The highest BCUT2D eigenvalue weighted by atomic mass is 79.9. The fourth-order valence-electron chi connectivity index (χ4n) is 2.45. The first-order valence-electron chi connectivity index (χ1n) is 7.40. The fourth-order valence-corrected chi connectivity index (χ4v) is 2.71. The summed E-state index contributed by atoms with van der Waals surface area (Å²) in [7, 11) is 0. The molecule has 5 nitrogen and oxygen atoms in total. The Balaban J connectivity index is 1.66. The van der Waals surface area contributed by atoms with Gasteiger partial charge in [0.05, 0.1) is 6.54 Å². The maximum Gasteiger partial charge on any atom is 0.229 e. The van der Waals surface area contributed by atoms with Gasteiger partial charge >= 0.3 is 0 Å². The number of hydrogen-bond acceptors (Lipinski definition) is 3. The van der Waals surface area contributed by atoms with Gasteiger partial charge in [0.25, 0.3) is 0 Å². The number of carbonyl (C=O) groups excluding carboxylic acids is 1. The van der Waals surface area contributed by atoms with E-state index < -0.39 is 0 Å². The molecule has 2 aromatic rings. The van der Waals surface area contributed by atoms with Crippen LogP contribution in [0.1, 0.15) is 12.5 Å². The molecule has 0 bridgehead atoms. The van der Waals surface area contributed by atoms with E-state index >= 15 is 0 Å². The predicted molar refractivity (Wildman–Crippen MR) is 89.6 cm³/mol. The Bertz CT molecular complexity index is 648. The van der Waals surface area contributed by atoms with Crippen molar-refractivity contribution < 1.29 is 4.79 Å². The van der Waals surface area contributed by atoms with Crippen LogP contribution < -0.4 is 10.6 Å². The number of rotatable bonds is 5. The predicted octanol–water partition coefficient (Wildman–Crippen LogP) is 2.49. The van der Waals surface area contributed by atoms with Crippen LogP contribution in [0.5, 0.6) is 0 Å². The van der Waals surface area contributed by atoms with Crippen LogP contribution in [0.25, 0.3) is 0 Å². The third kappa shape index (κ3) is 3.39. The molecule has 1 saturated heterocycles. The van der Waals surface area contributed by atoms with E-state index in [4.69, 9.17) is 0 Å². The molecular formula is C16H19BrN4O. The Morgan fingerprint density at radius 3 is 2.82 bits per heavy atom. The molecule has 0 radical (unpaired) electrons. The van der Waals surface area contributed by atoms with Gasteiger partial charge in [-0.05, 0) is 36.7 Å². The molecule has 0 saturated carbocycles. The minimum absolute atomic E-state index is 0.000851. The number of benzene rings is 1. The van der Waals surface area contributed by atoms with Crippen LogP contribution in [0.4, 0.5) is 5.95 Å². The summed E-state index contributed by atoms with van der Waals surface area (Å²) in [4.78, 5) is 16.6. The number of carbonyl (C=O) groups is 1. The Labute approximate surface area is 138 Å². The van der Waals surface area contributed by atoms with Crippen molar-refractivity contribution in [3.63, 3.8) is 0 Å². The Morgan fingerprint density at radius 1 is 1.45 bits per heavy atom. The minimum atomic E-state index is -0.000851. The number of hydrogen-bond donors (Lipinski definition) is 2. The molecule has 1 amide bonds. The molecule has 1 aliphatic rings. The summed E-state index contributed by atoms with van der Waals surface area (Å²) in [6.07, 6.45) is 3.59. The van der Waals surface area contributed by atoms with Crippen LogP contribution in [-0.2, 0) is 11.3 Å². The van der Waals surface area contributed by atoms with E-state index in [0.717, 1.165) is 23.1 Å². The van der Waals surface area contributed by atoms with E-state index in [1.54, 1.807) is 6.20 Å². The van der Waals surface area contributed by atoms with Gasteiger partial charge in [0.15, 0.2) is 0 Å². The number of anilines is 1. The second kappa shape index (κ2) is 6.62. The molecule has 1 aromatic carbocycles. The fraction of sp³-hybridized carbons (Fsp3) is 0.375. The lowest BCUT2D eigenvalue weighted by Crippen LogP contribution is -2.48. The van der Waals surface area contributed by atoms with E-state index in [0.29, 0.717) is 18.4 Å². The van der Waals surface area contributed by atoms with Crippen LogP contribution in [0, 0.1) is 11.8 Å². The molecule has 116 valence electrons. The number of aromatic nitrogens is 2. The van der Waals surface area contributed by atoms with Crippen molar-refractivity contribution in [2.45, 2.75) is 13.5 Å². The normalized spacial score (nSPS) is 16.1. The molecule has 22 heavy (non-hydrogen) atoms. The summed E-state index contributed by atoms with van der Waals surface area (Å²) in [5.41, 5.74) is 1.16. The second-order valence-corrected chi connectivity index (χ2v) is 6.62. The Hall–Kier alpha value is -1.66. The maximum atomic E-state index is 12.3. The highest BCUT2D eigenvalue weighted by Crippen LogP contribution is 2.18. The molecule has 1 aromatic heterocycles. The maximum absolute atomic E-state index is 12.3. The lowest BCUT2D eigenvalue weighted by atomic mass is 9.88. The van der Waals surface area contributed by atoms with Gasteiger partial charge in [-0.25, -0.2) is 4.98 Å². The third-order valence-electron chi connectivity index (χ3n) is 4.15. The highest BCUT2D eigenvalue weighted by Gasteiger charge is 2.29. The van der Waals surface area contributed by atoms with Crippen molar-refractivity contribution in [2.24, 2.45) is 11.8 Å². The van der Waals surface area contributed by atoms with Crippen molar-refractivity contribution in [3.8, 4) is 0 Å². The number of nitrogens with one attached hydrogen (secondary N) is 2. The third-order valence-corrected chi connectivity index (χ3v) is 4.68. The summed E-state index contributed by atoms with van der Waals surface area (Å²) < 4.78 is 3.01. The minimum Gasteiger partial charge on any atom is -0.316 e. The lowest BCUT2D eigenvalue weighted by Gasteiger charge is -2.31. The summed E-state index contributed by atoms with van der Waals surface area (Å²) in [5.74, 6) is 1.07. The average Bonchev–Trinajstić information content (AvgIpc) is 2.86. The molecular weight excluding hydrogens is 344 g/mol. The molecule has 1 unspecified atom stereocenters. The van der Waals surface area contributed by atoms with Crippen LogP contribution in [0.2, 0.25) is 0 Å². The van der Waals surface area contributed by atoms with Gasteiger partial charge < -0.3 is 9.88 Å². The SMILES string of the molecule is CC(C(=O)Nc1nccn1Cc1ccc(Br)cc1)C1CNC1. The monoisotopic (exact) mass is 362 g/mol. The van der Waals surface area contributed by atoms with Crippen LogP contribution in [-0.4, -0.2) is 28.5 Å². The Morgan fingerprint density at radius 2 is 2.18 bits per heavy atom. The second-order valence-electron chi connectivity index (χ2n) is 5.70. The Kier molecular flexibility index (Phi) is 4.59. The molecule has 2 N–H and O–H groups in total. The molecule has 3 rings (SSSR count). The van der Waals surface area contributed by atoms with Gasteiger partial charge in [0.1, 0.15) is 0 Å². The molecule has 1 fully saturated rings. The molecule has 0 aliphatic carbocycles. The van der Waals surface area contributed by atoms with E-state index in [-0.39, 0.29) is 11.8 Å². The van der Waals surface area contributed by atoms with E-state index in [9.17, 15) is 4.79 Å². The molecule has 0 spiro atoms. The van der Waals surface area contributed by atoms with Crippen molar-refractivity contribution in [1.29, 1.82) is 0 Å². The van der Waals surface area contributed by atoms with E-state index in [1.807, 2.05) is 29.8 Å². The first-order valence-corrected chi connectivity index (χ1v) is 8.20. The van der Waals surface area contributed by atoms with Crippen LogP contribution >= 0.6 is 15.9 Å². The smallest absolute Gasteiger partial charge is 0.229 e. The summed E-state index contributed by atoms with van der Waals surface area (Å²) in [5, 5.41) is 6.15. The zero-order valence-corrected chi connectivity index (χ0v) is 14.0. The zero-order chi connectivity index (χ0) is 15.5. The van der Waals surface area contributed by atoms with Crippen molar-refractivity contribution >= 4 is 27.8 Å². The van der Waals surface area contributed by atoms with E-state index in [1.165, 1.54) is 0 Å². The first-order chi connectivity index (χ1) is 10.6. The van der Waals surface area contributed by atoms with Crippen molar-refractivity contribution in [2.75, 3.05) is 18.4 Å². The molecule has 1 atom stereocenters. The largest absolute Gasteiger partial charge is 0.316 e. The van der Waals surface area contributed by atoms with Gasteiger partial charge in [-0.1, -0.05) is 35.0 Å². The quantitative estimate of drug-likeness (QED) is 0.858. The first kappa shape index (κ1) is 15.2. The lowest BCUT2D eigenvalue weighted by molar-refractivity contribution is -0.121. The van der Waals surface area contributed by atoms with Crippen molar-refractivity contribution in [3.05, 3.63) is 46.7 Å². The van der Waals surface area contributed by atoms with Gasteiger partial charge in [-0.15, -0.1) is 0 Å². The molecule has 2 heterocycles.